The first-order valence-electron chi connectivity index (χ1n) is 5.87. The maximum absolute atomic E-state index is 12.1. The molecule has 0 heterocycles. The molecule has 112 valence electrons. The summed E-state index contributed by atoms with van der Waals surface area (Å²) in [4.78, 5) is 10.8. The van der Waals surface area contributed by atoms with Crippen LogP contribution in [0.5, 0.6) is 0 Å². The number of primary sulfonamides is 1. The smallest absolute Gasteiger partial charge is 0.346 e. The average Bonchev–Trinajstić information content (AvgIpc) is 2.53. The summed E-state index contributed by atoms with van der Waals surface area (Å²) in [6, 6.07) is -0.561. The van der Waals surface area contributed by atoms with Crippen LogP contribution >= 0.6 is 0 Å². The van der Waals surface area contributed by atoms with E-state index >= 15 is 0 Å². The molecule has 0 aromatic rings. The number of rotatable bonds is 4. The molecular weight excluding hydrogens is 285 g/mol. The van der Waals surface area contributed by atoms with Gasteiger partial charge in [-0.15, -0.1) is 0 Å². The van der Waals surface area contributed by atoms with Crippen molar-refractivity contribution in [1.29, 1.82) is 0 Å². The normalized spacial score (nSPS) is 28.4. The van der Waals surface area contributed by atoms with Gasteiger partial charge in [-0.05, 0) is 31.1 Å². The number of carbonyl (C=O) groups is 1. The van der Waals surface area contributed by atoms with Crippen molar-refractivity contribution in [2.45, 2.75) is 38.4 Å². The van der Waals surface area contributed by atoms with E-state index in [9.17, 15) is 26.4 Å². The highest BCUT2D eigenvalue weighted by molar-refractivity contribution is 7.89. The highest BCUT2D eigenvalue weighted by atomic mass is 32.2. The van der Waals surface area contributed by atoms with Gasteiger partial charge in [0.2, 0.25) is 10.0 Å². The maximum atomic E-state index is 12.1. The molecule has 19 heavy (non-hydrogen) atoms. The Bertz CT molecular complexity index is 436. The van der Waals surface area contributed by atoms with E-state index in [1.807, 2.05) is 12.2 Å². The van der Waals surface area contributed by atoms with Crippen LogP contribution in [-0.4, -0.2) is 32.3 Å². The Morgan fingerprint density at radius 1 is 1.37 bits per heavy atom. The summed E-state index contributed by atoms with van der Waals surface area (Å²) in [6.07, 6.45) is -3.82. The molecule has 0 saturated heterocycles. The Kier molecular flexibility index (Phi) is 4.83. The summed E-state index contributed by atoms with van der Waals surface area (Å²) in [5.41, 5.74) is 0. The van der Waals surface area contributed by atoms with Gasteiger partial charge in [-0.25, -0.2) is 13.6 Å². The minimum atomic E-state index is -4.89. The molecule has 1 saturated carbocycles. The van der Waals surface area contributed by atoms with Crippen LogP contribution < -0.4 is 10.5 Å². The highest BCUT2D eigenvalue weighted by Crippen LogP contribution is 2.34. The van der Waals surface area contributed by atoms with Crippen LogP contribution in [-0.2, 0) is 14.8 Å². The van der Waals surface area contributed by atoms with Gasteiger partial charge in [0, 0.05) is 6.04 Å². The van der Waals surface area contributed by atoms with E-state index in [0.717, 1.165) is 0 Å². The van der Waals surface area contributed by atoms with Gasteiger partial charge < -0.3 is 5.32 Å². The molecule has 1 amide bonds. The first kappa shape index (κ1) is 16.2. The van der Waals surface area contributed by atoms with Crippen molar-refractivity contribution in [1.82, 2.24) is 5.32 Å². The van der Waals surface area contributed by atoms with Gasteiger partial charge in [0.1, 0.15) is 0 Å². The van der Waals surface area contributed by atoms with E-state index in [4.69, 9.17) is 5.14 Å². The summed E-state index contributed by atoms with van der Waals surface area (Å²) >= 11 is 0. The molecule has 0 radical (unpaired) electrons. The van der Waals surface area contributed by atoms with Crippen molar-refractivity contribution in [3.63, 3.8) is 0 Å². The predicted molar refractivity (Wildman–Crippen MR) is 62.5 cm³/mol. The van der Waals surface area contributed by atoms with Crippen molar-refractivity contribution < 1.29 is 26.4 Å². The van der Waals surface area contributed by atoms with Crippen LogP contribution in [0, 0.1) is 11.8 Å². The zero-order valence-corrected chi connectivity index (χ0v) is 11.2. The molecule has 0 aromatic heterocycles. The number of amides is 1. The first-order valence-corrected chi connectivity index (χ1v) is 7.58. The molecule has 9 heteroatoms. The second-order valence-electron chi connectivity index (χ2n) is 5.03. The minimum Gasteiger partial charge on any atom is -0.346 e. The summed E-state index contributed by atoms with van der Waals surface area (Å²) in [6.45, 7) is 1.83. The molecule has 1 aliphatic carbocycles. The van der Waals surface area contributed by atoms with Crippen LogP contribution in [0.3, 0.4) is 0 Å². The van der Waals surface area contributed by atoms with Crippen molar-refractivity contribution in [3.8, 4) is 0 Å². The predicted octanol–water partition coefficient (Wildman–Crippen LogP) is 0.758. The Hall–Kier alpha value is -0.830. The Labute approximate surface area is 109 Å². The second kappa shape index (κ2) is 5.66. The van der Waals surface area contributed by atoms with Gasteiger partial charge in [0.15, 0.2) is 0 Å². The summed E-state index contributed by atoms with van der Waals surface area (Å²) < 4.78 is 58.0. The topological polar surface area (TPSA) is 89.3 Å². The third-order valence-electron chi connectivity index (χ3n) is 3.41. The first-order chi connectivity index (χ1) is 8.49. The quantitative estimate of drug-likeness (QED) is 0.803. The molecule has 5 nitrogen and oxygen atoms in total. The SMILES string of the molecule is C[C@H]1C[C@H](NC(=O)C(F)(F)F)C[C@@H]1CCS(N)(=O)=O. The van der Waals surface area contributed by atoms with Gasteiger partial charge in [-0.2, -0.15) is 13.2 Å². The number of nitrogens with two attached hydrogens (primary N) is 1. The molecule has 0 aliphatic heterocycles. The summed E-state index contributed by atoms with van der Waals surface area (Å²) in [7, 11) is -3.57. The lowest BCUT2D eigenvalue weighted by molar-refractivity contribution is -0.174. The van der Waals surface area contributed by atoms with E-state index in [2.05, 4.69) is 0 Å². The van der Waals surface area contributed by atoms with Gasteiger partial charge in [0.05, 0.1) is 5.75 Å². The fourth-order valence-electron chi connectivity index (χ4n) is 2.44. The molecular formula is C10H17F3N2O3S. The number of halogens is 3. The lowest BCUT2D eigenvalue weighted by Gasteiger charge is -2.14. The van der Waals surface area contributed by atoms with Gasteiger partial charge in [-0.1, -0.05) is 6.92 Å². The van der Waals surface area contributed by atoms with Crippen LogP contribution in [0.2, 0.25) is 0 Å². The zero-order valence-electron chi connectivity index (χ0n) is 10.4. The van der Waals surface area contributed by atoms with E-state index in [1.54, 1.807) is 0 Å². The third kappa shape index (κ3) is 5.35. The number of hydrogen-bond donors (Lipinski definition) is 2. The molecule has 1 fully saturated rings. The average molecular weight is 302 g/mol. The Morgan fingerprint density at radius 3 is 2.42 bits per heavy atom. The fraction of sp³-hybridized carbons (Fsp3) is 0.900. The fourth-order valence-corrected chi connectivity index (χ4v) is 3.07. The van der Waals surface area contributed by atoms with E-state index in [1.165, 1.54) is 0 Å². The van der Waals surface area contributed by atoms with Gasteiger partial charge >= 0.3 is 12.1 Å². The monoisotopic (exact) mass is 302 g/mol. The Balaban J connectivity index is 2.49. The second-order valence-corrected chi connectivity index (χ2v) is 6.77. The van der Waals surface area contributed by atoms with Crippen LogP contribution in [0.15, 0.2) is 0 Å². The summed E-state index contributed by atoms with van der Waals surface area (Å²) in [5, 5.41) is 6.82. The molecule has 0 unspecified atom stereocenters. The lowest BCUT2D eigenvalue weighted by Crippen LogP contribution is -2.42. The number of alkyl halides is 3. The Morgan fingerprint density at radius 2 is 1.95 bits per heavy atom. The number of hydrogen-bond acceptors (Lipinski definition) is 3. The number of sulfonamides is 1. The summed E-state index contributed by atoms with van der Waals surface area (Å²) in [5.74, 6) is -2.13. The van der Waals surface area contributed by atoms with Gasteiger partial charge in [0.25, 0.3) is 0 Å². The molecule has 1 rings (SSSR count). The maximum Gasteiger partial charge on any atom is 0.471 e. The minimum absolute atomic E-state index is 0.0446. The van der Waals surface area contributed by atoms with E-state index in [-0.39, 0.29) is 17.6 Å². The number of carbonyl (C=O) groups excluding carboxylic acids is 1. The van der Waals surface area contributed by atoms with E-state index in [0.29, 0.717) is 19.3 Å². The lowest BCUT2D eigenvalue weighted by atomic mass is 9.96. The molecule has 0 spiro atoms. The van der Waals surface area contributed by atoms with Crippen LogP contribution in [0.1, 0.15) is 26.2 Å². The number of nitrogens with one attached hydrogen (secondary N) is 1. The van der Waals surface area contributed by atoms with E-state index < -0.39 is 28.1 Å². The molecule has 1 aliphatic rings. The van der Waals surface area contributed by atoms with Crippen molar-refractivity contribution in [3.05, 3.63) is 0 Å². The van der Waals surface area contributed by atoms with Gasteiger partial charge in [-0.3, -0.25) is 4.79 Å². The third-order valence-corrected chi connectivity index (χ3v) is 4.22. The highest BCUT2D eigenvalue weighted by Gasteiger charge is 2.41. The molecule has 0 aromatic carbocycles. The standard InChI is InChI=1S/C10H17F3N2O3S/c1-6-4-8(15-9(16)10(11,12)13)5-7(6)2-3-19(14,17)18/h6-8H,2-5H2,1H3,(H,15,16)(H2,14,17,18)/t6-,7-,8-/m0/s1. The molecule has 3 N–H and O–H groups in total. The van der Waals surface area contributed by atoms with Crippen molar-refractivity contribution in [2.75, 3.05) is 5.75 Å². The van der Waals surface area contributed by atoms with Crippen LogP contribution in [0.25, 0.3) is 0 Å². The molecule has 3 atom stereocenters. The van der Waals surface area contributed by atoms with Crippen molar-refractivity contribution >= 4 is 15.9 Å². The molecule has 0 bridgehead atoms. The van der Waals surface area contributed by atoms with Crippen LogP contribution in [0.4, 0.5) is 13.2 Å². The largest absolute Gasteiger partial charge is 0.471 e. The zero-order chi connectivity index (χ0) is 14.8. The van der Waals surface area contributed by atoms with Crippen molar-refractivity contribution in [2.24, 2.45) is 17.0 Å².